The summed E-state index contributed by atoms with van der Waals surface area (Å²) in [5, 5.41) is 0. The molecule has 9 heteroatoms. The summed E-state index contributed by atoms with van der Waals surface area (Å²) in [5.41, 5.74) is 6.70. The molecule has 3 fully saturated rings. The molecule has 3 heterocycles. The number of hydrogen-bond donors (Lipinski definition) is 1. The van der Waals surface area contributed by atoms with Crippen molar-refractivity contribution >= 4 is 10.2 Å². The van der Waals surface area contributed by atoms with E-state index >= 15 is 0 Å². The first-order valence-electron chi connectivity index (χ1n) is 11.7. The molecule has 174 valence electrons. The maximum absolute atomic E-state index is 13.4. The number of pyridine rings is 1. The summed E-state index contributed by atoms with van der Waals surface area (Å²) in [6.45, 7) is 3.84. The van der Waals surface area contributed by atoms with Crippen LogP contribution in [0.3, 0.4) is 0 Å². The van der Waals surface area contributed by atoms with Gasteiger partial charge in [-0.3, -0.25) is 0 Å². The molecular weight excluding hydrogens is 416 g/mol. The van der Waals surface area contributed by atoms with Gasteiger partial charge < -0.3 is 15.2 Å². The maximum Gasteiger partial charge on any atom is 0.282 e. The van der Waals surface area contributed by atoms with Gasteiger partial charge in [0.15, 0.2) is 0 Å². The van der Waals surface area contributed by atoms with Gasteiger partial charge in [-0.1, -0.05) is 32.1 Å². The molecule has 0 radical (unpaired) electrons. The third-order valence-electron chi connectivity index (χ3n) is 6.98. The molecule has 1 aromatic rings. The van der Waals surface area contributed by atoms with Gasteiger partial charge in [-0.15, -0.1) is 0 Å². The normalized spacial score (nSPS) is 27.3. The zero-order valence-corrected chi connectivity index (χ0v) is 19.1. The minimum atomic E-state index is -3.48. The molecule has 1 aromatic heterocycles. The molecule has 2 atom stereocenters. The predicted molar refractivity (Wildman–Crippen MR) is 119 cm³/mol. The highest BCUT2D eigenvalue weighted by molar-refractivity contribution is 7.86. The summed E-state index contributed by atoms with van der Waals surface area (Å²) >= 11 is 0. The molecule has 0 spiro atoms. The fraction of sp³-hybridized carbons (Fsp3) is 0.773. The monoisotopic (exact) mass is 452 g/mol. The van der Waals surface area contributed by atoms with Gasteiger partial charge in [0.2, 0.25) is 5.88 Å². The Morgan fingerprint density at radius 2 is 1.87 bits per heavy atom. The number of ether oxygens (including phenoxy) is 2. The van der Waals surface area contributed by atoms with Crippen molar-refractivity contribution in [1.29, 1.82) is 0 Å². The molecular formula is C22H36N4O4S. The van der Waals surface area contributed by atoms with Crippen LogP contribution in [0.1, 0.15) is 44.1 Å². The van der Waals surface area contributed by atoms with Crippen molar-refractivity contribution in [3.8, 4) is 5.88 Å². The van der Waals surface area contributed by atoms with Crippen LogP contribution in [0.2, 0.25) is 0 Å². The molecule has 2 N–H and O–H groups in total. The second kappa shape index (κ2) is 10.6. The highest BCUT2D eigenvalue weighted by Crippen LogP contribution is 2.37. The fourth-order valence-electron chi connectivity index (χ4n) is 5.26. The van der Waals surface area contributed by atoms with Crippen LogP contribution in [0.4, 0.5) is 0 Å². The lowest BCUT2D eigenvalue weighted by Gasteiger charge is -2.43. The Bertz CT molecular complexity index is 809. The largest absolute Gasteiger partial charge is 0.477 e. The number of nitrogens with two attached hydrogens (primary N) is 1. The second-order valence-electron chi connectivity index (χ2n) is 9.11. The van der Waals surface area contributed by atoms with Gasteiger partial charge >= 0.3 is 0 Å². The van der Waals surface area contributed by atoms with E-state index in [0.717, 1.165) is 12.0 Å². The highest BCUT2D eigenvalue weighted by Gasteiger charge is 2.40. The smallest absolute Gasteiger partial charge is 0.282 e. The second-order valence-corrected chi connectivity index (χ2v) is 11.0. The van der Waals surface area contributed by atoms with E-state index in [4.69, 9.17) is 15.2 Å². The average Bonchev–Trinajstić information content (AvgIpc) is 2.84. The third kappa shape index (κ3) is 5.76. The molecule has 3 aliphatic rings. The summed E-state index contributed by atoms with van der Waals surface area (Å²) in [4.78, 5) is 4.29. The lowest BCUT2D eigenvalue weighted by atomic mass is 9.75. The predicted octanol–water partition coefficient (Wildman–Crippen LogP) is 2.01. The van der Waals surface area contributed by atoms with Crippen LogP contribution in [0.15, 0.2) is 18.3 Å². The third-order valence-corrected chi connectivity index (χ3v) is 8.95. The highest BCUT2D eigenvalue weighted by atomic mass is 32.2. The lowest BCUT2D eigenvalue weighted by Crippen LogP contribution is -2.54. The van der Waals surface area contributed by atoms with Crippen LogP contribution >= 0.6 is 0 Å². The summed E-state index contributed by atoms with van der Waals surface area (Å²) in [6.07, 6.45) is 8.96. The molecule has 2 aliphatic heterocycles. The van der Waals surface area contributed by atoms with E-state index < -0.39 is 10.2 Å². The molecule has 0 bridgehead atoms. The van der Waals surface area contributed by atoms with Crippen molar-refractivity contribution in [3.05, 3.63) is 23.9 Å². The summed E-state index contributed by atoms with van der Waals surface area (Å²) in [6, 6.07) is 3.74. The van der Waals surface area contributed by atoms with E-state index in [-0.39, 0.29) is 5.92 Å². The van der Waals surface area contributed by atoms with Gasteiger partial charge in [0.05, 0.1) is 19.8 Å². The number of morpholine rings is 1. The number of piperidine rings is 1. The van der Waals surface area contributed by atoms with Crippen LogP contribution in [-0.2, 0) is 21.5 Å². The molecule has 0 aromatic carbocycles. The van der Waals surface area contributed by atoms with Gasteiger partial charge in [-0.2, -0.15) is 17.0 Å². The fourth-order valence-corrected chi connectivity index (χ4v) is 6.97. The molecule has 8 nitrogen and oxygen atoms in total. The molecule has 0 amide bonds. The van der Waals surface area contributed by atoms with Crippen molar-refractivity contribution in [1.82, 2.24) is 13.6 Å². The Morgan fingerprint density at radius 1 is 1.10 bits per heavy atom. The minimum Gasteiger partial charge on any atom is -0.477 e. The first-order valence-corrected chi connectivity index (χ1v) is 13.1. The van der Waals surface area contributed by atoms with Crippen molar-refractivity contribution in [2.75, 3.05) is 46.0 Å². The Morgan fingerprint density at radius 3 is 2.61 bits per heavy atom. The Balaban J connectivity index is 1.47. The van der Waals surface area contributed by atoms with Crippen LogP contribution in [0.5, 0.6) is 5.88 Å². The van der Waals surface area contributed by atoms with E-state index in [0.29, 0.717) is 70.3 Å². The molecule has 1 saturated carbocycles. The van der Waals surface area contributed by atoms with Gasteiger partial charge in [0.25, 0.3) is 10.2 Å². The Labute approximate surface area is 186 Å². The van der Waals surface area contributed by atoms with Crippen molar-refractivity contribution in [3.63, 3.8) is 0 Å². The van der Waals surface area contributed by atoms with Crippen molar-refractivity contribution in [2.24, 2.45) is 23.5 Å². The van der Waals surface area contributed by atoms with Crippen molar-refractivity contribution in [2.45, 2.75) is 45.1 Å². The number of aromatic nitrogens is 1. The van der Waals surface area contributed by atoms with Gasteiger partial charge in [0, 0.05) is 50.9 Å². The van der Waals surface area contributed by atoms with Crippen molar-refractivity contribution < 1.29 is 17.9 Å². The quantitative estimate of drug-likeness (QED) is 0.680. The van der Waals surface area contributed by atoms with Crippen LogP contribution in [0.25, 0.3) is 0 Å². The summed E-state index contributed by atoms with van der Waals surface area (Å²) in [7, 11) is -3.48. The number of nitrogens with zero attached hydrogens (tertiary/aromatic N) is 3. The van der Waals surface area contributed by atoms with E-state index in [2.05, 4.69) is 4.98 Å². The van der Waals surface area contributed by atoms with E-state index in [9.17, 15) is 8.42 Å². The Kier molecular flexibility index (Phi) is 7.81. The Hall–Kier alpha value is -1.26. The van der Waals surface area contributed by atoms with Crippen LogP contribution in [-0.4, -0.2) is 68.0 Å². The average molecular weight is 453 g/mol. The van der Waals surface area contributed by atoms with Gasteiger partial charge in [-0.25, -0.2) is 4.98 Å². The molecule has 4 rings (SSSR count). The van der Waals surface area contributed by atoms with Crippen LogP contribution < -0.4 is 10.5 Å². The van der Waals surface area contributed by atoms with Crippen LogP contribution in [0, 0.1) is 17.8 Å². The molecule has 1 aliphatic carbocycles. The molecule has 2 unspecified atom stereocenters. The minimum absolute atomic E-state index is 0.153. The number of hydrogen-bond acceptors (Lipinski definition) is 6. The number of rotatable bonds is 7. The summed E-state index contributed by atoms with van der Waals surface area (Å²) in [5.74, 6) is 1.71. The van der Waals surface area contributed by atoms with Gasteiger partial charge in [0.1, 0.15) is 0 Å². The van der Waals surface area contributed by atoms with E-state index in [1.165, 1.54) is 32.1 Å². The van der Waals surface area contributed by atoms with E-state index in [1.807, 2.05) is 12.1 Å². The standard InChI is InChI=1S/C22H36N4O4S/c23-14-18-6-7-24-22(13-18)30-17-19-12-21(20-4-2-1-3-5-20)16-26(15-19)31(27,28)25-8-10-29-11-9-25/h6-7,13,19-21H,1-5,8-12,14-17,23H2. The topological polar surface area (TPSA) is 98.0 Å². The SMILES string of the molecule is NCc1ccnc(OCC2CC(C3CCCCC3)CN(S(=O)(=O)N3CCOCC3)C2)c1. The first kappa shape index (κ1) is 22.9. The summed E-state index contributed by atoms with van der Waals surface area (Å²) < 4.78 is 41.5. The first-order chi connectivity index (χ1) is 15.1. The molecule has 2 saturated heterocycles. The maximum atomic E-state index is 13.4. The van der Waals surface area contributed by atoms with Gasteiger partial charge in [-0.05, 0) is 29.9 Å². The zero-order valence-electron chi connectivity index (χ0n) is 18.3. The molecule has 31 heavy (non-hydrogen) atoms. The van der Waals surface area contributed by atoms with E-state index in [1.54, 1.807) is 14.8 Å². The lowest BCUT2D eigenvalue weighted by molar-refractivity contribution is 0.0617. The zero-order chi connectivity index (χ0) is 21.7.